The molecule has 1 atom stereocenters. The standard InChI is InChI=1S/C31H35F6N3O3S/c1-44-29-38-24(20-42-19-17-40-15-6-3-7-16-40)25(28(41)43-18-9-12-21-10-4-2-5-11-21)27(39-29)22-13-8-14-23(30(32,33)34)26(22)31(35,36)37/h2,4-5,8,10-11,13-14,27H,3,6-7,9,12,15-20H2,1H3,(H,38,39). The Kier molecular flexibility index (Phi) is 11.8. The lowest BCUT2D eigenvalue weighted by Gasteiger charge is -2.30. The van der Waals surface area contributed by atoms with Crippen LogP contribution in [0.3, 0.4) is 0 Å². The summed E-state index contributed by atoms with van der Waals surface area (Å²) in [6.07, 6.45) is -4.71. The molecule has 0 aromatic heterocycles. The number of alkyl halides is 6. The Balaban J connectivity index is 1.66. The smallest absolute Gasteiger partial charge is 0.417 e. The summed E-state index contributed by atoms with van der Waals surface area (Å²) in [4.78, 5) is 20.1. The van der Waals surface area contributed by atoms with Gasteiger partial charge in [0.05, 0.1) is 42.2 Å². The van der Waals surface area contributed by atoms with Crippen molar-refractivity contribution in [1.29, 1.82) is 0 Å². The zero-order chi connectivity index (χ0) is 31.7. The minimum Gasteiger partial charge on any atom is -0.462 e. The number of likely N-dealkylation sites (tertiary alicyclic amines) is 1. The largest absolute Gasteiger partial charge is 0.462 e. The highest BCUT2D eigenvalue weighted by atomic mass is 32.2. The number of piperidine rings is 1. The maximum Gasteiger partial charge on any atom is 0.417 e. The van der Waals surface area contributed by atoms with Crippen molar-refractivity contribution >= 4 is 22.9 Å². The topological polar surface area (TPSA) is 63.2 Å². The molecule has 0 spiro atoms. The van der Waals surface area contributed by atoms with Gasteiger partial charge in [0.25, 0.3) is 0 Å². The minimum atomic E-state index is -5.38. The van der Waals surface area contributed by atoms with Crippen molar-refractivity contribution in [2.45, 2.75) is 50.5 Å². The first-order valence-corrected chi connectivity index (χ1v) is 15.6. The molecule has 6 nitrogen and oxygen atoms in total. The van der Waals surface area contributed by atoms with Crippen molar-refractivity contribution in [3.05, 3.63) is 82.1 Å². The van der Waals surface area contributed by atoms with Gasteiger partial charge in [-0.3, -0.25) is 0 Å². The molecule has 2 aliphatic rings. The van der Waals surface area contributed by atoms with Crippen LogP contribution in [0, 0.1) is 0 Å². The summed E-state index contributed by atoms with van der Waals surface area (Å²) < 4.78 is 95.7. The van der Waals surface area contributed by atoms with E-state index in [2.05, 4.69) is 15.2 Å². The van der Waals surface area contributed by atoms with Crippen LogP contribution in [0.15, 0.2) is 64.8 Å². The van der Waals surface area contributed by atoms with E-state index in [-0.39, 0.29) is 29.7 Å². The minimum absolute atomic E-state index is 0.0547. The number of nitrogens with zero attached hydrogens (tertiary/aromatic N) is 2. The van der Waals surface area contributed by atoms with E-state index < -0.39 is 41.1 Å². The van der Waals surface area contributed by atoms with E-state index in [9.17, 15) is 31.1 Å². The third kappa shape index (κ3) is 9.01. The summed E-state index contributed by atoms with van der Waals surface area (Å²) in [6.45, 7) is 2.54. The van der Waals surface area contributed by atoms with Gasteiger partial charge in [0.15, 0.2) is 5.17 Å². The van der Waals surface area contributed by atoms with Gasteiger partial charge in [0, 0.05) is 6.54 Å². The number of rotatable bonds is 11. The molecule has 2 heterocycles. The van der Waals surface area contributed by atoms with Crippen molar-refractivity contribution < 1.29 is 40.6 Å². The van der Waals surface area contributed by atoms with E-state index in [0.717, 1.165) is 55.4 Å². The van der Waals surface area contributed by atoms with Crippen LogP contribution in [0.1, 0.15) is 54.0 Å². The molecule has 4 rings (SSSR count). The molecule has 0 radical (unpaired) electrons. The Morgan fingerprint density at radius 3 is 2.36 bits per heavy atom. The maximum absolute atomic E-state index is 14.3. The van der Waals surface area contributed by atoms with Gasteiger partial charge < -0.3 is 19.7 Å². The lowest BCUT2D eigenvalue weighted by Crippen LogP contribution is -2.36. The van der Waals surface area contributed by atoms with Gasteiger partial charge in [-0.25, -0.2) is 9.79 Å². The van der Waals surface area contributed by atoms with Crippen molar-refractivity contribution in [2.24, 2.45) is 4.99 Å². The molecule has 2 aliphatic heterocycles. The Labute approximate surface area is 256 Å². The molecule has 0 bridgehead atoms. The third-order valence-electron chi connectivity index (χ3n) is 7.43. The average molecular weight is 644 g/mol. The molecule has 1 saturated heterocycles. The average Bonchev–Trinajstić information content (AvgIpc) is 3.00. The molecule has 13 heteroatoms. The van der Waals surface area contributed by atoms with Crippen LogP contribution in [-0.2, 0) is 33.0 Å². The molecule has 0 aliphatic carbocycles. The molecular formula is C31H35F6N3O3S. The van der Waals surface area contributed by atoms with Crippen LogP contribution in [0.5, 0.6) is 0 Å². The fraction of sp³-hybridized carbons (Fsp3) is 0.484. The number of benzene rings is 2. The van der Waals surface area contributed by atoms with Crippen molar-refractivity contribution in [1.82, 2.24) is 10.2 Å². The number of ether oxygens (including phenoxy) is 2. The predicted octanol–water partition coefficient (Wildman–Crippen LogP) is 7.02. The van der Waals surface area contributed by atoms with Crippen LogP contribution >= 0.6 is 11.8 Å². The summed E-state index contributed by atoms with van der Waals surface area (Å²) in [5.41, 5.74) is -3.73. The summed E-state index contributed by atoms with van der Waals surface area (Å²) in [7, 11) is 0. The van der Waals surface area contributed by atoms with Gasteiger partial charge >= 0.3 is 18.3 Å². The lowest BCUT2D eigenvalue weighted by molar-refractivity contribution is -0.162. The van der Waals surface area contributed by atoms with Crippen LogP contribution < -0.4 is 5.32 Å². The van der Waals surface area contributed by atoms with Crippen LogP contribution in [-0.4, -0.2) is 61.7 Å². The fourth-order valence-electron chi connectivity index (χ4n) is 5.32. The number of aliphatic imine (C=N–C) groups is 1. The molecule has 0 saturated carbocycles. The Bertz CT molecular complexity index is 1330. The normalized spacial score (nSPS) is 18.2. The second kappa shape index (κ2) is 15.3. The highest BCUT2D eigenvalue weighted by Crippen LogP contribution is 2.46. The van der Waals surface area contributed by atoms with E-state index >= 15 is 0 Å². The van der Waals surface area contributed by atoms with Gasteiger partial charge in [-0.1, -0.05) is 60.6 Å². The number of nitrogens with one attached hydrogen (secondary N) is 1. The molecule has 1 N–H and O–H groups in total. The second-order valence-corrected chi connectivity index (χ2v) is 11.3. The number of carbonyl (C=O) groups is 1. The number of carbonyl (C=O) groups excluding carboxylic acids is 1. The van der Waals surface area contributed by atoms with Crippen LogP contribution in [0.4, 0.5) is 26.3 Å². The molecule has 0 amide bonds. The zero-order valence-electron chi connectivity index (χ0n) is 24.3. The van der Waals surface area contributed by atoms with Crippen molar-refractivity contribution in [2.75, 3.05) is 45.7 Å². The number of thioether (sulfide) groups is 1. The van der Waals surface area contributed by atoms with E-state index in [1.807, 2.05) is 30.3 Å². The first kappa shape index (κ1) is 33.9. The quantitative estimate of drug-likeness (QED) is 0.161. The Hall–Kier alpha value is -3.03. The van der Waals surface area contributed by atoms with Crippen LogP contribution in [0.2, 0.25) is 0 Å². The monoisotopic (exact) mass is 643 g/mol. The number of aryl methyl sites for hydroxylation is 1. The summed E-state index contributed by atoms with van der Waals surface area (Å²) in [5, 5.41) is 3.08. The molecular weight excluding hydrogens is 608 g/mol. The van der Waals surface area contributed by atoms with Gasteiger partial charge in [-0.2, -0.15) is 26.3 Å². The van der Waals surface area contributed by atoms with Gasteiger partial charge in [-0.15, -0.1) is 0 Å². The lowest BCUT2D eigenvalue weighted by atomic mass is 9.89. The molecule has 240 valence electrons. The van der Waals surface area contributed by atoms with E-state index in [1.54, 1.807) is 6.26 Å². The predicted molar refractivity (Wildman–Crippen MR) is 157 cm³/mol. The number of hydrogen-bond donors (Lipinski definition) is 1. The van der Waals surface area contributed by atoms with E-state index in [0.29, 0.717) is 32.1 Å². The van der Waals surface area contributed by atoms with Crippen molar-refractivity contribution in [3.63, 3.8) is 0 Å². The van der Waals surface area contributed by atoms with E-state index in [1.165, 1.54) is 6.42 Å². The highest BCUT2D eigenvalue weighted by Gasteiger charge is 2.47. The number of halogens is 6. The SMILES string of the molecule is CSC1=NC(c2cccc(C(F)(F)F)c2C(F)(F)F)C(C(=O)OCCCc2ccccc2)=C(COCCN2CCCCC2)N1. The zero-order valence-corrected chi connectivity index (χ0v) is 25.1. The summed E-state index contributed by atoms with van der Waals surface area (Å²) in [6, 6.07) is 9.92. The van der Waals surface area contributed by atoms with Gasteiger partial charge in [0.2, 0.25) is 0 Å². The number of esters is 1. The molecule has 44 heavy (non-hydrogen) atoms. The molecule has 2 aromatic rings. The molecule has 1 unspecified atom stereocenters. The summed E-state index contributed by atoms with van der Waals surface area (Å²) in [5.74, 6) is -0.973. The highest BCUT2D eigenvalue weighted by molar-refractivity contribution is 8.13. The maximum atomic E-state index is 14.3. The second-order valence-electron chi connectivity index (χ2n) is 10.5. The molecule has 1 fully saturated rings. The van der Waals surface area contributed by atoms with Gasteiger partial charge in [-0.05, 0) is 62.2 Å². The Morgan fingerprint density at radius 1 is 0.977 bits per heavy atom. The van der Waals surface area contributed by atoms with Crippen molar-refractivity contribution in [3.8, 4) is 0 Å². The Morgan fingerprint density at radius 2 is 1.70 bits per heavy atom. The third-order valence-corrected chi connectivity index (χ3v) is 8.02. The first-order chi connectivity index (χ1) is 21.0. The summed E-state index contributed by atoms with van der Waals surface area (Å²) >= 11 is 1.05. The van der Waals surface area contributed by atoms with E-state index in [4.69, 9.17) is 9.47 Å². The number of hydrogen-bond acceptors (Lipinski definition) is 7. The molecule has 2 aromatic carbocycles. The fourth-order valence-corrected chi connectivity index (χ4v) is 5.75. The first-order valence-electron chi connectivity index (χ1n) is 14.4. The number of amidine groups is 1. The van der Waals surface area contributed by atoms with Gasteiger partial charge in [0.1, 0.15) is 6.04 Å². The van der Waals surface area contributed by atoms with Crippen LogP contribution in [0.25, 0.3) is 0 Å².